The molecule has 4 heterocycles. The maximum Gasteiger partial charge on any atom is 0.323 e. The summed E-state index contributed by atoms with van der Waals surface area (Å²) in [4.78, 5) is 32.0. The number of halogens is 1. The number of esters is 1. The molecule has 0 saturated carbocycles. The van der Waals surface area contributed by atoms with Crippen LogP contribution in [0.15, 0.2) is 66.0 Å². The maximum atomic E-state index is 13.2. The number of carbonyl (C=O) groups is 1. The van der Waals surface area contributed by atoms with Gasteiger partial charge < -0.3 is 15.4 Å². The van der Waals surface area contributed by atoms with E-state index in [4.69, 9.17) is 22.1 Å². The van der Waals surface area contributed by atoms with Crippen molar-refractivity contribution in [3.63, 3.8) is 0 Å². The first-order chi connectivity index (χ1) is 17.3. The number of hydrogen-bond acceptors (Lipinski definition) is 7. The largest absolute Gasteiger partial charge is 0.459 e. The Hall–Kier alpha value is -3.69. The number of carbonyl (C=O) groups excluding carboxylic acids is 1. The first kappa shape index (κ1) is 24.0. The predicted octanol–water partition coefficient (Wildman–Crippen LogP) is 3.31. The van der Waals surface area contributed by atoms with E-state index in [1.807, 2.05) is 62.5 Å². The van der Waals surface area contributed by atoms with Crippen molar-refractivity contribution in [3.8, 4) is 16.8 Å². The lowest BCUT2D eigenvalue weighted by molar-refractivity contribution is -0.150. The average Bonchev–Trinajstić information content (AvgIpc) is 3.52. The van der Waals surface area contributed by atoms with Crippen molar-refractivity contribution >= 4 is 28.9 Å². The van der Waals surface area contributed by atoms with Crippen LogP contribution in [0.3, 0.4) is 0 Å². The Bertz CT molecular complexity index is 1450. The second-order valence-electron chi connectivity index (χ2n) is 9.31. The van der Waals surface area contributed by atoms with Crippen molar-refractivity contribution in [1.29, 1.82) is 0 Å². The van der Waals surface area contributed by atoms with Gasteiger partial charge in [-0.3, -0.25) is 14.2 Å². The molecule has 1 saturated heterocycles. The molecule has 1 aromatic carbocycles. The van der Waals surface area contributed by atoms with Crippen molar-refractivity contribution in [2.24, 2.45) is 11.7 Å². The molecule has 0 aliphatic carbocycles. The minimum Gasteiger partial charge on any atom is -0.459 e. The highest BCUT2D eigenvalue weighted by molar-refractivity contribution is 6.30. The number of pyridine rings is 1. The fourth-order valence-corrected chi connectivity index (χ4v) is 4.36. The number of nitrogens with two attached hydrogens (primary N) is 1. The molecule has 0 bridgehead atoms. The quantitative estimate of drug-likeness (QED) is 0.400. The van der Waals surface area contributed by atoms with Gasteiger partial charge in [-0.05, 0) is 41.8 Å². The van der Waals surface area contributed by atoms with Gasteiger partial charge in [0.1, 0.15) is 29.8 Å². The molecule has 9 nitrogen and oxygen atoms in total. The first-order valence-corrected chi connectivity index (χ1v) is 12.2. The summed E-state index contributed by atoms with van der Waals surface area (Å²) in [6.45, 7) is 5.05. The Morgan fingerprint density at radius 2 is 1.94 bits per heavy atom. The topological polar surface area (TPSA) is 108 Å². The highest BCUT2D eigenvalue weighted by Gasteiger charge is 2.29. The van der Waals surface area contributed by atoms with Crippen LogP contribution in [0.1, 0.15) is 20.3 Å². The number of nitrogens with zero attached hydrogens (tertiary/aromatic N) is 5. The summed E-state index contributed by atoms with van der Waals surface area (Å²) in [5.41, 5.74) is 8.59. The Morgan fingerprint density at radius 1 is 1.17 bits per heavy atom. The Kier molecular flexibility index (Phi) is 6.51. The second-order valence-corrected chi connectivity index (χ2v) is 9.75. The van der Waals surface area contributed by atoms with Gasteiger partial charge in [0, 0.05) is 29.7 Å². The number of ether oxygens (including phenoxy) is 1. The molecule has 10 heteroatoms. The number of aromatic nitrogens is 4. The molecule has 1 fully saturated rings. The smallest absolute Gasteiger partial charge is 0.323 e. The summed E-state index contributed by atoms with van der Waals surface area (Å²) >= 11 is 5.99. The van der Waals surface area contributed by atoms with Crippen LogP contribution in [-0.2, 0) is 9.53 Å². The van der Waals surface area contributed by atoms with Crippen LogP contribution in [0.5, 0.6) is 0 Å². The fourth-order valence-electron chi connectivity index (χ4n) is 4.23. The Balaban J connectivity index is 1.32. The van der Waals surface area contributed by atoms with E-state index in [-0.39, 0.29) is 23.6 Å². The molecule has 5 rings (SSSR count). The summed E-state index contributed by atoms with van der Waals surface area (Å²) < 4.78 is 8.62. The van der Waals surface area contributed by atoms with Gasteiger partial charge in [-0.1, -0.05) is 37.6 Å². The molecule has 1 aliphatic heterocycles. The minimum absolute atomic E-state index is 0.0251. The van der Waals surface area contributed by atoms with Gasteiger partial charge in [-0.15, -0.1) is 0 Å². The summed E-state index contributed by atoms with van der Waals surface area (Å²) in [7, 11) is 0. The van der Waals surface area contributed by atoms with Gasteiger partial charge in [-0.25, -0.2) is 9.50 Å². The standard InChI is InChI=1S/C26H27ClN6O3/c1-16(2)24(28)26(35)36-21-9-10-31(14-21)23-8-7-20(12-29-23)32-15-30-33-13-18(11-22(33)25(32)34)17-3-5-19(27)6-4-17/h3-8,11-13,15-16,21,24H,9-10,14,28H2,1-2H3/t21-,24-/m1/s1. The molecule has 4 aromatic rings. The van der Waals surface area contributed by atoms with E-state index in [2.05, 4.69) is 15.0 Å². The number of anilines is 1. The van der Waals surface area contributed by atoms with Crippen molar-refractivity contribution in [2.75, 3.05) is 18.0 Å². The molecule has 0 radical (unpaired) electrons. The molecule has 0 spiro atoms. The lowest BCUT2D eigenvalue weighted by Gasteiger charge is -2.20. The lowest BCUT2D eigenvalue weighted by atomic mass is 10.1. The maximum absolute atomic E-state index is 13.2. The van der Waals surface area contributed by atoms with Crippen molar-refractivity contribution < 1.29 is 9.53 Å². The number of fused-ring (bicyclic) bond motifs is 1. The van der Waals surface area contributed by atoms with Gasteiger partial charge in [0.25, 0.3) is 5.56 Å². The number of benzene rings is 1. The van der Waals surface area contributed by atoms with Crippen molar-refractivity contribution in [2.45, 2.75) is 32.4 Å². The molecule has 0 unspecified atom stereocenters. The van der Waals surface area contributed by atoms with Gasteiger partial charge in [0.05, 0.1) is 18.4 Å². The van der Waals surface area contributed by atoms with Gasteiger partial charge in [0.2, 0.25) is 0 Å². The molecule has 1 aliphatic rings. The Labute approximate surface area is 213 Å². The van der Waals surface area contributed by atoms with E-state index < -0.39 is 6.04 Å². The van der Waals surface area contributed by atoms with Crippen molar-refractivity contribution in [3.05, 3.63) is 76.6 Å². The second kappa shape index (κ2) is 9.75. The molecule has 36 heavy (non-hydrogen) atoms. The third kappa shape index (κ3) is 4.72. The van der Waals surface area contributed by atoms with E-state index in [9.17, 15) is 9.59 Å². The SMILES string of the molecule is CC(C)[C@@H](N)C(=O)O[C@@H]1CCN(c2ccc(-n3cnn4cc(-c5ccc(Cl)cc5)cc4c3=O)cn2)C1. The van der Waals surface area contributed by atoms with E-state index >= 15 is 0 Å². The van der Waals surface area contributed by atoms with Crippen LogP contribution >= 0.6 is 11.6 Å². The molecule has 0 amide bonds. The van der Waals surface area contributed by atoms with Gasteiger partial charge in [-0.2, -0.15) is 5.10 Å². The lowest BCUT2D eigenvalue weighted by Crippen LogP contribution is -2.39. The number of hydrogen-bond donors (Lipinski definition) is 1. The fraction of sp³-hybridized carbons (Fsp3) is 0.308. The van der Waals surface area contributed by atoms with Crippen LogP contribution in [0.2, 0.25) is 5.02 Å². The van der Waals surface area contributed by atoms with E-state index in [0.29, 0.717) is 35.7 Å². The zero-order valence-electron chi connectivity index (χ0n) is 20.0. The molecule has 2 N–H and O–H groups in total. The highest BCUT2D eigenvalue weighted by atomic mass is 35.5. The molecule has 186 valence electrons. The summed E-state index contributed by atoms with van der Waals surface area (Å²) in [5.74, 6) is 0.407. The normalized spacial score (nSPS) is 16.6. The zero-order valence-corrected chi connectivity index (χ0v) is 20.8. The monoisotopic (exact) mass is 506 g/mol. The van der Waals surface area contributed by atoms with Crippen LogP contribution < -0.4 is 16.2 Å². The van der Waals surface area contributed by atoms with E-state index in [1.54, 1.807) is 10.7 Å². The van der Waals surface area contributed by atoms with Gasteiger partial charge in [0.15, 0.2) is 0 Å². The average molecular weight is 507 g/mol. The predicted molar refractivity (Wildman–Crippen MR) is 139 cm³/mol. The highest BCUT2D eigenvalue weighted by Crippen LogP contribution is 2.24. The summed E-state index contributed by atoms with van der Waals surface area (Å²) in [6.07, 6.45) is 5.44. The van der Waals surface area contributed by atoms with Crippen molar-refractivity contribution in [1.82, 2.24) is 19.2 Å². The van der Waals surface area contributed by atoms with Crippen LogP contribution in [0.4, 0.5) is 5.82 Å². The third-order valence-electron chi connectivity index (χ3n) is 6.46. The summed E-state index contributed by atoms with van der Waals surface area (Å²) in [5, 5.41) is 5.06. The van der Waals surface area contributed by atoms with Crippen LogP contribution in [0, 0.1) is 5.92 Å². The molecular weight excluding hydrogens is 480 g/mol. The molecular formula is C26H27ClN6O3. The Morgan fingerprint density at radius 3 is 2.64 bits per heavy atom. The molecule has 3 aromatic heterocycles. The number of rotatable bonds is 6. The van der Waals surface area contributed by atoms with Gasteiger partial charge >= 0.3 is 5.97 Å². The molecule has 2 atom stereocenters. The summed E-state index contributed by atoms with van der Waals surface area (Å²) in [6, 6.07) is 12.3. The van der Waals surface area contributed by atoms with Crippen LogP contribution in [-0.4, -0.2) is 50.4 Å². The first-order valence-electron chi connectivity index (χ1n) is 11.8. The minimum atomic E-state index is -0.622. The zero-order chi connectivity index (χ0) is 25.4. The van der Waals surface area contributed by atoms with E-state index in [0.717, 1.165) is 16.9 Å². The van der Waals surface area contributed by atoms with E-state index in [1.165, 1.54) is 10.9 Å². The third-order valence-corrected chi connectivity index (χ3v) is 6.71. The van der Waals surface area contributed by atoms with Crippen LogP contribution in [0.25, 0.3) is 22.3 Å².